The van der Waals surface area contributed by atoms with E-state index < -0.39 is 55.1 Å². The molecule has 4 rings (SSSR count). The van der Waals surface area contributed by atoms with E-state index in [1.165, 1.54) is 28.4 Å². The van der Waals surface area contributed by atoms with Crippen LogP contribution in [0.25, 0.3) is 0 Å². The SMILES string of the molecule is COc1cc([C@@H]2c3c(cc(OC)c(O)c3OC)C[C@H](CO[C@@H]3O[C@H](CO)[C@@H](O)[C@H](O)[C@H]3O)[C@@H]2CO)cc(OC)c1O. The summed E-state index contributed by atoms with van der Waals surface area (Å²) in [6.45, 7) is -1.01. The molecule has 0 unspecified atom stereocenters. The first kappa shape index (κ1) is 30.9. The molecule has 0 radical (unpaired) electrons. The Morgan fingerprint density at radius 1 is 0.780 bits per heavy atom. The molecule has 0 saturated carbocycles. The second-order valence-electron chi connectivity index (χ2n) is 10.1. The normalized spacial score (nSPS) is 29.5. The van der Waals surface area contributed by atoms with Gasteiger partial charge in [-0.1, -0.05) is 0 Å². The van der Waals surface area contributed by atoms with Gasteiger partial charge in [-0.15, -0.1) is 0 Å². The van der Waals surface area contributed by atoms with Crippen LogP contribution in [0, 0.1) is 11.8 Å². The summed E-state index contributed by atoms with van der Waals surface area (Å²) in [7, 11) is 5.61. The number of aromatic hydroxyl groups is 2. The fraction of sp³-hybridized carbons (Fsp3) is 0.571. The molecule has 7 N–H and O–H groups in total. The Morgan fingerprint density at radius 2 is 1.39 bits per heavy atom. The zero-order valence-corrected chi connectivity index (χ0v) is 23.3. The third-order valence-corrected chi connectivity index (χ3v) is 7.99. The van der Waals surface area contributed by atoms with Crippen molar-refractivity contribution >= 4 is 0 Å². The van der Waals surface area contributed by atoms with Gasteiger partial charge in [-0.3, -0.25) is 0 Å². The van der Waals surface area contributed by atoms with E-state index in [4.69, 9.17) is 28.4 Å². The van der Waals surface area contributed by atoms with E-state index in [0.29, 0.717) is 17.5 Å². The number of aliphatic hydroxyl groups excluding tert-OH is 5. The predicted molar refractivity (Wildman–Crippen MR) is 142 cm³/mol. The maximum absolute atomic E-state index is 10.9. The van der Waals surface area contributed by atoms with Crippen molar-refractivity contribution in [2.24, 2.45) is 11.8 Å². The number of fused-ring (bicyclic) bond motifs is 1. The molecule has 1 heterocycles. The standard InChI is InChI=1S/C28H38O13/c1-36-16-7-13(8-17(37-2)22(16)31)20-15(9-29)14(5-12-6-18(38-3)24(33)27(39-4)21(12)20)11-40-28-26(35)25(34)23(32)19(10-30)41-28/h6-8,14-15,19-20,23,25-26,28-35H,5,9-11H2,1-4H3/t14-,15+,19-,20+,23-,25+,26-,28-/m1/s1. The van der Waals surface area contributed by atoms with Crippen LogP contribution in [-0.2, 0) is 15.9 Å². The van der Waals surface area contributed by atoms with E-state index in [9.17, 15) is 35.7 Å². The molecule has 13 nitrogen and oxygen atoms in total. The Bertz CT molecular complexity index is 1180. The molecule has 1 fully saturated rings. The van der Waals surface area contributed by atoms with Gasteiger partial charge < -0.3 is 64.2 Å². The van der Waals surface area contributed by atoms with Crippen LogP contribution in [0.3, 0.4) is 0 Å². The minimum Gasteiger partial charge on any atom is -0.502 e. The van der Waals surface area contributed by atoms with Gasteiger partial charge >= 0.3 is 0 Å². The van der Waals surface area contributed by atoms with Crippen molar-refractivity contribution in [3.63, 3.8) is 0 Å². The van der Waals surface area contributed by atoms with E-state index in [1.54, 1.807) is 18.2 Å². The van der Waals surface area contributed by atoms with Crippen molar-refractivity contribution in [1.29, 1.82) is 0 Å². The monoisotopic (exact) mass is 582 g/mol. The summed E-state index contributed by atoms with van der Waals surface area (Å²) in [5, 5.41) is 72.5. The van der Waals surface area contributed by atoms with Gasteiger partial charge in [0.1, 0.15) is 24.4 Å². The highest BCUT2D eigenvalue weighted by Crippen LogP contribution is 2.54. The first-order chi connectivity index (χ1) is 19.6. The van der Waals surface area contributed by atoms with Crippen LogP contribution < -0.4 is 18.9 Å². The molecule has 2 aromatic rings. The number of aliphatic hydroxyl groups is 5. The molecule has 228 valence electrons. The highest BCUT2D eigenvalue weighted by molar-refractivity contribution is 5.64. The van der Waals surface area contributed by atoms with Gasteiger partial charge in [0, 0.05) is 18.1 Å². The van der Waals surface area contributed by atoms with Crippen LogP contribution in [0.1, 0.15) is 22.6 Å². The van der Waals surface area contributed by atoms with Gasteiger partial charge in [-0.2, -0.15) is 0 Å². The fourth-order valence-electron chi connectivity index (χ4n) is 5.85. The molecule has 1 saturated heterocycles. The number of ether oxygens (including phenoxy) is 6. The number of phenols is 2. The number of phenolic OH excluding ortho intramolecular Hbond substituents is 2. The highest BCUT2D eigenvalue weighted by atomic mass is 16.7. The molecule has 0 bridgehead atoms. The smallest absolute Gasteiger partial charge is 0.201 e. The molecule has 2 aromatic carbocycles. The lowest BCUT2D eigenvalue weighted by Crippen LogP contribution is -2.59. The fourth-order valence-corrected chi connectivity index (χ4v) is 5.85. The van der Waals surface area contributed by atoms with Crippen LogP contribution in [0.4, 0.5) is 0 Å². The van der Waals surface area contributed by atoms with E-state index in [1.807, 2.05) is 0 Å². The summed E-state index contributed by atoms with van der Waals surface area (Å²) < 4.78 is 33.2. The predicted octanol–water partition coefficient (Wildman–Crippen LogP) is -0.139. The van der Waals surface area contributed by atoms with Gasteiger partial charge in [0.2, 0.25) is 11.5 Å². The molecule has 8 atom stereocenters. The maximum Gasteiger partial charge on any atom is 0.201 e. The highest BCUT2D eigenvalue weighted by Gasteiger charge is 2.46. The van der Waals surface area contributed by atoms with E-state index in [2.05, 4.69) is 0 Å². The van der Waals surface area contributed by atoms with Crippen LogP contribution in [-0.4, -0.2) is 115 Å². The minimum absolute atomic E-state index is 0.0677. The first-order valence-electron chi connectivity index (χ1n) is 13.1. The molecular formula is C28H38O13. The van der Waals surface area contributed by atoms with E-state index in [0.717, 1.165) is 5.56 Å². The molecule has 0 spiro atoms. The summed E-state index contributed by atoms with van der Waals surface area (Å²) in [6.07, 6.45) is -6.89. The molecular weight excluding hydrogens is 544 g/mol. The molecule has 1 aliphatic carbocycles. The van der Waals surface area contributed by atoms with Crippen molar-refractivity contribution in [2.75, 3.05) is 48.3 Å². The lowest BCUT2D eigenvalue weighted by atomic mass is 9.66. The summed E-state index contributed by atoms with van der Waals surface area (Å²) in [4.78, 5) is 0. The Kier molecular flexibility index (Phi) is 9.70. The van der Waals surface area contributed by atoms with Crippen LogP contribution in [0.15, 0.2) is 18.2 Å². The summed E-state index contributed by atoms with van der Waals surface area (Å²) in [6, 6.07) is 4.89. The van der Waals surface area contributed by atoms with Gasteiger partial charge in [0.25, 0.3) is 0 Å². The first-order valence-corrected chi connectivity index (χ1v) is 13.1. The van der Waals surface area contributed by atoms with Crippen LogP contribution in [0.2, 0.25) is 0 Å². The van der Waals surface area contributed by atoms with Crippen molar-refractivity contribution in [1.82, 2.24) is 0 Å². The molecule has 41 heavy (non-hydrogen) atoms. The van der Waals surface area contributed by atoms with E-state index >= 15 is 0 Å². The Balaban J connectivity index is 1.80. The lowest BCUT2D eigenvalue weighted by Gasteiger charge is -2.42. The molecule has 0 amide bonds. The van der Waals surface area contributed by atoms with Gasteiger partial charge in [-0.05, 0) is 47.6 Å². The Hall–Kier alpha value is -3.04. The maximum atomic E-state index is 10.9. The van der Waals surface area contributed by atoms with E-state index in [-0.39, 0.29) is 47.7 Å². The number of rotatable bonds is 10. The van der Waals surface area contributed by atoms with Gasteiger partial charge in [0.15, 0.2) is 29.3 Å². The topological polar surface area (TPSA) is 197 Å². The van der Waals surface area contributed by atoms with Crippen molar-refractivity contribution < 1.29 is 64.2 Å². The Labute approximate surface area is 237 Å². The largest absolute Gasteiger partial charge is 0.502 e. The second kappa shape index (κ2) is 12.9. The third kappa shape index (κ3) is 5.58. The number of methoxy groups -OCH3 is 4. The number of hydrogen-bond acceptors (Lipinski definition) is 13. The zero-order valence-electron chi connectivity index (χ0n) is 23.3. The summed E-state index contributed by atoms with van der Waals surface area (Å²) in [5.41, 5.74) is 1.89. The molecule has 13 heteroatoms. The second-order valence-corrected chi connectivity index (χ2v) is 10.1. The van der Waals surface area contributed by atoms with Crippen molar-refractivity contribution in [3.05, 3.63) is 34.9 Å². The number of benzene rings is 2. The summed E-state index contributed by atoms with van der Waals surface area (Å²) >= 11 is 0. The van der Waals surface area contributed by atoms with Crippen molar-refractivity contribution in [2.45, 2.75) is 43.0 Å². The molecule has 2 aliphatic rings. The zero-order chi connectivity index (χ0) is 30.0. The number of hydrogen-bond donors (Lipinski definition) is 7. The van der Waals surface area contributed by atoms with Gasteiger partial charge in [-0.25, -0.2) is 0 Å². The molecule has 0 aromatic heterocycles. The van der Waals surface area contributed by atoms with Crippen LogP contribution in [0.5, 0.6) is 34.5 Å². The van der Waals surface area contributed by atoms with Crippen molar-refractivity contribution in [3.8, 4) is 34.5 Å². The summed E-state index contributed by atoms with van der Waals surface area (Å²) in [5.74, 6) is -1.45. The average molecular weight is 583 g/mol. The van der Waals surface area contributed by atoms with Crippen LogP contribution >= 0.6 is 0 Å². The quantitative estimate of drug-likeness (QED) is 0.196. The third-order valence-electron chi connectivity index (χ3n) is 7.99. The van der Waals surface area contributed by atoms with Gasteiger partial charge in [0.05, 0.1) is 41.7 Å². The Morgan fingerprint density at radius 3 is 1.93 bits per heavy atom. The average Bonchev–Trinajstić information content (AvgIpc) is 2.98. The molecule has 1 aliphatic heterocycles. The minimum atomic E-state index is -1.60. The lowest BCUT2D eigenvalue weighted by molar-refractivity contribution is -0.304.